The van der Waals surface area contributed by atoms with Gasteiger partial charge in [-0.2, -0.15) is 9.61 Å². The molecule has 56 valence electrons. The minimum Gasteiger partial charge on any atom is -0.384 e. The van der Waals surface area contributed by atoms with Crippen LogP contribution in [0.25, 0.3) is 5.65 Å². The number of hydrogen-bond donors (Lipinski definition) is 1. The minimum absolute atomic E-state index is 0.511. The van der Waals surface area contributed by atoms with E-state index >= 15 is 0 Å². The van der Waals surface area contributed by atoms with Crippen molar-refractivity contribution in [2.45, 2.75) is 0 Å². The smallest absolute Gasteiger partial charge is 0.176 e. The number of nitrogens with two attached hydrogens (primary N) is 1. The largest absolute Gasteiger partial charge is 0.384 e. The number of anilines is 1. The molecule has 0 fully saturated rings. The van der Waals surface area contributed by atoms with Gasteiger partial charge in [-0.3, -0.25) is 0 Å². The number of fused-ring (bicyclic) bond motifs is 1. The standard InChI is InChI=1S/C6H5ClN4/c7-4-3-10-11-5(8)1-2-9-6(4)11/h1-3H,8H2. The SMILES string of the molecule is Nc1ccnc2c(Cl)cnn12. The highest BCUT2D eigenvalue weighted by atomic mass is 35.5. The molecular weight excluding hydrogens is 164 g/mol. The molecule has 0 atom stereocenters. The van der Waals surface area contributed by atoms with Crippen LogP contribution in [-0.4, -0.2) is 14.6 Å². The van der Waals surface area contributed by atoms with Crippen LogP contribution in [0.4, 0.5) is 5.82 Å². The molecule has 0 radical (unpaired) electrons. The molecule has 0 aliphatic rings. The van der Waals surface area contributed by atoms with Gasteiger partial charge in [-0.05, 0) is 6.07 Å². The van der Waals surface area contributed by atoms with E-state index in [1.165, 1.54) is 10.7 Å². The summed E-state index contributed by atoms with van der Waals surface area (Å²) in [7, 11) is 0. The molecule has 0 saturated heterocycles. The van der Waals surface area contributed by atoms with Gasteiger partial charge in [0.1, 0.15) is 10.8 Å². The van der Waals surface area contributed by atoms with Crippen LogP contribution in [0.2, 0.25) is 5.02 Å². The first-order valence-corrected chi connectivity index (χ1v) is 3.40. The Bertz CT molecular complexity index is 394. The van der Waals surface area contributed by atoms with Crippen LogP contribution >= 0.6 is 11.6 Å². The summed E-state index contributed by atoms with van der Waals surface area (Å²) in [5.74, 6) is 0.530. The summed E-state index contributed by atoms with van der Waals surface area (Å²) < 4.78 is 1.49. The number of nitrogen functional groups attached to an aromatic ring is 1. The first-order chi connectivity index (χ1) is 5.29. The fraction of sp³-hybridized carbons (Fsp3) is 0. The Morgan fingerprint density at radius 3 is 3.09 bits per heavy atom. The summed E-state index contributed by atoms with van der Waals surface area (Å²) in [6.07, 6.45) is 3.11. The number of halogens is 1. The van der Waals surface area contributed by atoms with E-state index in [-0.39, 0.29) is 0 Å². The van der Waals surface area contributed by atoms with Crippen molar-refractivity contribution in [1.29, 1.82) is 0 Å². The van der Waals surface area contributed by atoms with Gasteiger partial charge in [-0.15, -0.1) is 0 Å². The second kappa shape index (κ2) is 2.10. The molecule has 4 nitrogen and oxygen atoms in total. The van der Waals surface area contributed by atoms with E-state index in [4.69, 9.17) is 17.3 Å². The number of hydrogen-bond acceptors (Lipinski definition) is 3. The molecule has 0 aromatic carbocycles. The lowest BCUT2D eigenvalue weighted by Crippen LogP contribution is -1.98. The average molecular weight is 169 g/mol. The number of nitrogens with zero attached hydrogens (tertiary/aromatic N) is 3. The topological polar surface area (TPSA) is 56.2 Å². The summed E-state index contributed by atoms with van der Waals surface area (Å²) in [4.78, 5) is 3.99. The fourth-order valence-electron chi connectivity index (χ4n) is 0.882. The van der Waals surface area contributed by atoms with E-state index in [0.29, 0.717) is 16.5 Å². The van der Waals surface area contributed by atoms with Crippen LogP contribution in [0.5, 0.6) is 0 Å². The van der Waals surface area contributed by atoms with Crippen molar-refractivity contribution in [3.8, 4) is 0 Å². The van der Waals surface area contributed by atoms with E-state index in [1.54, 1.807) is 12.3 Å². The monoisotopic (exact) mass is 168 g/mol. The maximum Gasteiger partial charge on any atom is 0.176 e. The van der Waals surface area contributed by atoms with E-state index < -0.39 is 0 Å². The predicted molar refractivity (Wildman–Crippen MR) is 42.4 cm³/mol. The molecule has 11 heavy (non-hydrogen) atoms. The molecule has 2 rings (SSSR count). The normalized spacial score (nSPS) is 10.6. The van der Waals surface area contributed by atoms with Crippen molar-refractivity contribution in [1.82, 2.24) is 14.6 Å². The Morgan fingerprint density at radius 2 is 2.36 bits per heavy atom. The molecule has 0 aliphatic carbocycles. The third kappa shape index (κ3) is 0.832. The van der Waals surface area contributed by atoms with Gasteiger partial charge in [0.15, 0.2) is 5.65 Å². The Hall–Kier alpha value is -1.29. The Morgan fingerprint density at radius 1 is 1.55 bits per heavy atom. The second-order valence-electron chi connectivity index (χ2n) is 2.10. The Labute approximate surface area is 67.6 Å². The molecule has 2 N–H and O–H groups in total. The number of aromatic nitrogens is 3. The molecule has 5 heteroatoms. The highest BCUT2D eigenvalue weighted by Crippen LogP contribution is 2.15. The van der Waals surface area contributed by atoms with Gasteiger partial charge in [-0.1, -0.05) is 11.6 Å². The van der Waals surface area contributed by atoms with Gasteiger partial charge in [0.25, 0.3) is 0 Å². The maximum atomic E-state index is 5.74. The maximum absolute atomic E-state index is 5.74. The first kappa shape index (κ1) is 6.42. The van der Waals surface area contributed by atoms with Crippen molar-refractivity contribution in [3.05, 3.63) is 23.5 Å². The first-order valence-electron chi connectivity index (χ1n) is 3.03. The van der Waals surface area contributed by atoms with Crippen LogP contribution < -0.4 is 5.73 Å². The lowest BCUT2D eigenvalue weighted by atomic mass is 10.6. The molecule has 0 bridgehead atoms. The third-order valence-corrected chi connectivity index (χ3v) is 1.65. The zero-order valence-corrected chi connectivity index (χ0v) is 6.28. The summed E-state index contributed by atoms with van der Waals surface area (Å²) in [5.41, 5.74) is 6.16. The number of rotatable bonds is 0. The Balaban J connectivity index is 2.94. The molecule has 0 aliphatic heterocycles. The lowest BCUT2D eigenvalue weighted by molar-refractivity contribution is 0.952. The fourth-order valence-corrected chi connectivity index (χ4v) is 1.05. The van der Waals surface area contributed by atoms with Gasteiger partial charge in [0.2, 0.25) is 0 Å². The van der Waals surface area contributed by atoms with Crippen molar-refractivity contribution in [2.75, 3.05) is 5.73 Å². The second-order valence-corrected chi connectivity index (χ2v) is 2.50. The van der Waals surface area contributed by atoms with E-state index in [0.717, 1.165) is 0 Å². The van der Waals surface area contributed by atoms with E-state index in [2.05, 4.69) is 10.1 Å². The minimum atomic E-state index is 0.511. The van der Waals surface area contributed by atoms with Crippen molar-refractivity contribution in [3.63, 3.8) is 0 Å². The van der Waals surface area contributed by atoms with Crippen molar-refractivity contribution < 1.29 is 0 Å². The summed E-state index contributed by atoms with van der Waals surface area (Å²) in [5, 5.41) is 4.43. The average Bonchev–Trinajstić information content (AvgIpc) is 2.35. The molecule has 0 unspecified atom stereocenters. The van der Waals surface area contributed by atoms with Crippen LogP contribution in [0.15, 0.2) is 18.5 Å². The highest BCUT2D eigenvalue weighted by Gasteiger charge is 2.02. The van der Waals surface area contributed by atoms with Crippen LogP contribution in [0, 0.1) is 0 Å². The van der Waals surface area contributed by atoms with Crippen molar-refractivity contribution >= 4 is 23.1 Å². The van der Waals surface area contributed by atoms with Gasteiger partial charge in [0.05, 0.1) is 6.20 Å². The quantitative estimate of drug-likeness (QED) is 0.638. The Kier molecular flexibility index (Phi) is 1.22. The van der Waals surface area contributed by atoms with Crippen molar-refractivity contribution in [2.24, 2.45) is 0 Å². The van der Waals surface area contributed by atoms with Crippen LogP contribution in [-0.2, 0) is 0 Å². The zero-order chi connectivity index (χ0) is 7.84. The predicted octanol–water partition coefficient (Wildman–Crippen LogP) is 0.965. The van der Waals surface area contributed by atoms with E-state index in [1.807, 2.05) is 0 Å². The highest BCUT2D eigenvalue weighted by molar-refractivity contribution is 6.33. The van der Waals surface area contributed by atoms with Gasteiger partial charge in [0, 0.05) is 6.20 Å². The molecule has 0 amide bonds. The van der Waals surface area contributed by atoms with Gasteiger partial charge >= 0.3 is 0 Å². The molecule has 0 spiro atoms. The molecule has 2 aromatic heterocycles. The van der Waals surface area contributed by atoms with Gasteiger partial charge < -0.3 is 5.73 Å². The molecular formula is C6H5ClN4. The zero-order valence-electron chi connectivity index (χ0n) is 5.53. The molecule has 0 saturated carbocycles. The molecule has 2 aromatic rings. The van der Waals surface area contributed by atoms with Crippen LogP contribution in [0.1, 0.15) is 0 Å². The van der Waals surface area contributed by atoms with E-state index in [9.17, 15) is 0 Å². The lowest BCUT2D eigenvalue weighted by Gasteiger charge is -1.95. The van der Waals surface area contributed by atoms with Crippen LogP contribution in [0.3, 0.4) is 0 Å². The summed E-state index contributed by atoms with van der Waals surface area (Å²) >= 11 is 5.74. The molecule has 2 heterocycles. The summed E-state index contributed by atoms with van der Waals surface area (Å²) in [6.45, 7) is 0. The van der Waals surface area contributed by atoms with Gasteiger partial charge in [-0.25, -0.2) is 4.98 Å². The summed E-state index contributed by atoms with van der Waals surface area (Å²) in [6, 6.07) is 1.66. The third-order valence-electron chi connectivity index (χ3n) is 1.39.